The molecule has 0 N–H and O–H groups in total. The van der Waals surface area contributed by atoms with Gasteiger partial charge < -0.3 is 9.32 Å². The second kappa shape index (κ2) is 8.44. The normalized spacial score (nSPS) is 17.5. The van der Waals surface area contributed by atoms with Gasteiger partial charge in [0.1, 0.15) is 11.2 Å². The number of fused-ring (bicyclic) bond motifs is 9. The molecule has 192 valence electrons. The summed E-state index contributed by atoms with van der Waals surface area (Å²) in [6, 6.07) is 36.8. The zero-order valence-electron chi connectivity index (χ0n) is 21.9. The Balaban J connectivity index is 1.23. The number of nitrogens with zero attached hydrogens (tertiary/aromatic N) is 2. The number of hydrogen-bond donors (Lipinski definition) is 0. The fraction of sp³-hybridized carbons (Fsp3) is 0.0541. The van der Waals surface area contributed by atoms with Gasteiger partial charge in [0.25, 0.3) is 0 Å². The van der Waals surface area contributed by atoms with Gasteiger partial charge >= 0.3 is 0 Å². The van der Waals surface area contributed by atoms with Gasteiger partial charge in [-0.2, -0.15) is 5.26 Å². The molecule has 1 aliphatic carbocycles. The van der Waals surface area contributed by atoms with Gasteiger partial charge in [0, 0.05) is 59.4 Å². The van der Waals surface area contributed by atoms with E-state index in [0.717, 1.165) is 38.9 Å². The van der Waals surface area contributed by atoms with Gasteiger partial charge in [-0.1, -0.05) is 78.9 Å². The zero-order chi connectivity index (χ0) is 27.1. The van der Waals surface area contributed by atoms with Crippen molar-refractivity contribution in [3.05, 3.63) is 132 Å². The average molecular weight is 543 g/mol. The molecule has 0 fully saturated rings. The minimum Gasteiger partial charge on any atom is -0.455 e. The fourth-order valence-electron chi connectivity index (χ4n) is 6.82. The summed E-state index contributed by atoms with van der Waals surface area (Å²) >= 11 is 1.84. The predicted molar refractivity (Wildman–Crippen MR) is 170 cm³/mol. The summed E-state index contributed by atoms with van der Waals surface area (Å²) in [5.41, 5.74) is 8.30. The first kappa shape index (κ1) is 22.7. The molecule has 5 aromatic carbocycles. The molecule has 2 aliphatic rings. The van der Waals surface area contributed by atoms with Crippen molar-refractivity contribution in [3.8, 4) is 17.2 Å². The summed E-state index contributed by atoms with van der Waals surface area (Å²) in [6.07, 6.45) is 8.74. The quantitative estimate of drug-likeness (QED) is 0.218. The van der Waals surface area contributed by atoms with Gasteiger partial charge in [0.2, 0.25) is 0 Å². The van der Waals surface area contributed by atoms with E-state index in [4.69, 9.17) is 4.42 Å². The molecule has 0 spiro atoms. The lowest BCUT2D eigenvalue weighted by Gasteiger charge is -2.28. The first-order valence-corrected chi connectivity index (χ1v) is 14.6. The van der Waals surface area contributed by atoms with Crippen molar-refractivity contribution in [1.82, 2.24) is 0 Å². The van der Waals surface area contributed by atoms with Crippen molar-refractivity contribution in [2.45, 2.75) is 12.0 Å². The third-order valence-electron chi connectivity index (χ3n) is 8.63. The van der Waals surface area contributed by atoms with Crippen LogP contribution in [0.1, 0.15) is 17.0 Å². The largest absolute Gasteiger partial charge is 0.455 e. The Kier molecular flexibility index (Phi) is 4.67. The molecule has 0 bridgehead atoms. The highest BCUT2D eigenvalue weighted by atomic mass is 32.1. The van der Waals surface area contributed by atoms with Crippen LogP contribution in [0.2, 0.25) is 0 Å². The van der Waals surface area contributed by atoms with E-state index >= 15 is 0 Å². The van der Waals surface area contributed by atoms with E-state index in [1.54, 1.807) is 0 Å². The first-order valence-electron chi connectivity index (χ1n) is 13.8. The molecule has 0 saturated carbocycles. The van der Waals surface area contributed by atoms with E-state index in [1.165, 1.54) is 31.3 Å². The van der Waals surface area contributed by atoms with Crippen LogP contribution in [0, 0.1) is 11.3 Å². The average Bonchev–Trinajstić information content (AvgIpc) is 3.70. The van der Waals surface area contributed by atoms with Crippen LogP contribution in [0.3, 0.4) is 0 Å². The smallest absolute Gasteiger partial charge is 0.143 e. The van der Waals surface area contributed by atoms with Crippen molar-refractivity contribution in [2.75, 3.05) is 4.90 Å². The van der Waals surface area contributed by atoms with Crippen molar-refractivity contribution >= 4 is 64.8 Å². The Morgan fingerprint density at radius 1 is 0.732 bits per heavy atom. The van der Waals surface area contributed by atoms with Gasteiger partial charge in [-0.25, -0.2) is 0 Å². The molecule has 4 heteroatoms. The summed E-state index contributed by atoms with van der Waals surface area (Å²) in [5.74, 6) is 0.216. The maximum Gasteiger partial charge on any atom is 0.143 e. The number of anilines is 2. The molecule has 9 rings (SSSR count). The van der Waals surface area contributed by atoms with Crippen LogP contribution in [-0.2, 0) is 0 Å². The molecule has 1 aliphatic heterocycles. The molecule has 2 atom stereocenters. The molecule has 2 unspecified atom stereocenters. The zero-order valence-corrected chi connectivity index (χ0v) is 22.7. The topological polar surface area (TPSA) is 40.2 Å². The Hall–Kier alpha value is -5.11. The number of furan rings is 1. The van der Waals surface area contributed by atoms with E-state index in [-0.39, 0.29) is 12.0 Å². The Bertz CT molecular complexity index is 2310. The van der Waals surface area contributed by atoms with Crippen molar-refractivity contribution in [1.29, 1.82) is 5.26 Å². The highest BCUT2D eigenvalue weighted by Gasteiger charge is 2.37. The predicted octanol–water partition coefficient (Wildman–Crippen LogP) is 10.2. The Morgan fingerprint density at radius 3 is 2.49 bits per heavy atom. The standard InChI is InChI=1S/C37H22N2OS/c38-21-22-15-17-33-30(19-22)24-7-1-3-13-32(24)39(33)23-16-18-34-31(20-23)27-10-5-9-26(36(27)40-34)29-12-6-11-28-25-8-2-4-14-35(25)41-37(28)29/h1-20,24,32H. The molecule has 3 heterocycles. The van der Waals surface area contributed by atoms with Gasteiger partial charge in [-0.05, 0) is 48.0 Å². The highest BCUT2D eigenvalue weighted by Crippen LogP contribution is 2.49. The second-order valence-corrected chi connectivity index (χ2v) is 11.8. The number of benzene rings is 5. The van der Waals surface area contributed by atoms with Crippen molar-refractivity contribution in [3.63, 3.8) is 0 Å². The maximum absolute atomic E-state index is 9.54. The SMILES string of the molecule is N#Cc1ccc2c(c1)C1C=CC=CC1N2c1ccc2oc3c(-c4cccc5c4sc4ccccc45)cccc3c2c1. The van der Waals surface area contributed by atoms with Crippen LogP contribution in [-0.4, -0.2) is 6.04 Å². The van der Waals surface area contributed by atoms with E-state index in [0.29, 0.717) is 5.56 Å². The van der Waals surface area contributed by atoms with E-state index in [1.807, 2.05) is 23.5 Å². The highest BCUT2D eigenvalue weighted by molar-refractivity contribution is 7.26. The van der Waals surface area contributed by atoms with Crippen LogP contribution in [0.5, 0.6) is 0 Å². The Morgan fingerprint density at radius 2 is 1.56 bits per heavy atom. The van der Waals surface area contributed by atoms with Gasteiger partial charge in [-0.3, -0.25) is 0 Å². The van der Waals surface area contributed by atoms with Crippen LogP contribution in [0.25, 0.3) is 53.2 Å². The third-order valence-corrected chi connectivity index (χ3v) is 9.85. The summed E-state index contributed by atoms with van der Waals surface area (Å²) < 4.78 is 9.20. The first-order chi connectivity index (χ1) is 20.3. The van der Waals surface area contributed by atoms with E-state index < -0.39 is 0 Å². The monoisotopic (exact) mass is 542 g/mol. The van der Waals surface area contributed by atoms with Crippen LogP contribution >= 0.6 is 11.3 Å². The Labute approximate surface area is 240 Å². The number of allylic oxidation sites excluding steroid dienone is 2. The molecule has 0 amide bonds. The number of thiophene rings is 1. The van der Waals surface area contributed by atoms with Crippen LogP contribution in [0.15, 0.2) is 126 Å². The number of nitriles is 1. The van der Waals surface area contributed by atoms with Crippen LogP contribution < -0.4 is 4.90 Å². The van der Waals surface area contributed by atoms with E-state index in [9.17, 15) is 5.26 Å². The summed E-state index contributed by atoms with van der Waals surface area (Å²) in [5, 5.41) is 14.4. The molecule has 0 saturated heterocycles. The van der Waals surface area contributed by atoms with Gasteiger partial charge in [0.05, 0.1) is 17.7 Å². The molecule has 2 aromatic heterocycles. The van der Waals surface area contributed by atoms with E-state index in [2.05, 4.69) is 120 Å². The van der Waals surface area contributed by atoms with Crippen LogP contribution in [0.4, 0.5) is 11.4 Å². The lowest BCUT2D eigenvalue weighted by atomic mass is 9.91. The van der Waals surface area contributed by atoms with Gasteiger partial charge in [-0.15, -0.1) is 11.3 Å². The molecule has 0 radical (unpaired) electrons. The molecular formula is C37H22N2OS. The lowest BCUT2D eigenvalue weighted by molar-refractivity contribution is 0.670. The summed E-state index contributed by atoms with van der Waals surface area (Å²) in [7, 11) is 0. The maximum atomic E-state index is 9.54. The number of rotatable bonds is 2. The molecule has 7 aromatic rings. The minimum absolute atomic E-state index is 0.167. The van der Waals surface area contributed by atoms with Crippen molar-refractivity contribution < 1.29 is 4.42 Å². The molecule has 3 nitrogen and oxygen atoms in total. The van der Waals surface area contributed by atoms with Crippen molar-refractivity contribution in [2.24, 2.45) is 0 Å². The molecule has 41 heavy (non-hydrogen) atoms. The fourth-order valence-corrected chi connectivity index (χ4v) is 8.05. The number of hydrogen-bond acceptors (Lipinski definition) is 4. The number of para-hydroxylation sites is 1. The minimum atomic E-state index is 0.167. The lowest BCUT2D eigenvalue weighted by Crippen LogP contribution is -2.28. The summed E-state index contributed by atoms with van der Waals surface area (Å²) in [4.78, 5) is 2.40. The third kappa shape index (κ3) is 3.18. The van der Waals surface area contributed by atoms with Gasteiger partial charge in [0.15, 0.2) is 0 Å². The second-order valence-electron chi connectivity index (χ2n) is 10.8. The molecular weight excluding hydrogens is 520 g/mol. The summed E-state index contributed by atoms with van der Waals surface area (Å²) in [6.45, 7) is 0.